The Morgan fingerprint density at radius 2 is 1.64 bits per heavy atom. The Labute approximate surface area is 169 Å². The van der Waals surface area contributed by atoms with Crippen LogP contribution in [0.25, 0.3) is 0 Å². The Hall–Kier alpha value is -1.39. The van der Waals surface area contributed by atoms with Crippen LogP contribution < -0.4 is 10.6 Å². The molecule has 1 aromatic carbocycles. The maximum absolute atomic E-state index is 12.3. The van der Waals surface area contributed by atoms with Gasteiger partial charge in [-0.2, -0.15) is 0 Å². The predicted molar refractivity (Wildman–Crippen MR) is 113 cm³/mol. The van der Waals surface area contributed by atoms with Crippen molar-refractivity contribution < 1.29 is 9.90 Å². The third-order valence-corrected chi connectivity index (χ3v) is 7.36. The quantitative estimate of drug-likeness (QED) is 0.637. The number of piperidine rings is 1. The zero-order valence-electron chi connectivity index (χ0n) is 17.1. The molecule has 1 aromatic rings. The molecule has 1 atom stereocenters. The Kier molecular flexibility index (Phi) is 6.69. The fourth-order valence-corrected chi connectivity index (χ4v) is 5.83. The van der Waals surface area contributed by atoms with Crippen molar-refractivity contribution >= 4 is 5.97 Å². The molecule has 0 spiro atoms. The highest BCUT2D eigenvalue weighted by atomic mass is 16.4. The summed E-state index contributed by atoms with van der Waals surface area (Å²) in [4.78, 5) is 12.3. The number of aliphatic carboxylic acids is 1. The molecule has 0 aromatic heterocycles. The van der Waals surface area contributed by atoms with E-state index < -0.39 is 12.0 Å². The van der Waals surface area contributed by atoms with Gasteiger partial charge in [0.2, 0.25) is 0 Å². The van der Waals surface area contributed by atoms with E-state index in [4.69, 9.17) is 0 Å². The Bertz CT molecular complexity index is 657. The molecule has 0 unspecified atom stereocenters. The Balaban J connectivity index is 1.62. The number of hydrogen-bond donors (Lipinski definition) is 3. The molecule has 4 heteroatoms. The second-order valence-electron chi connectivity index (χ2n) is 9.19. The van der Waals surface area contributed by atoms with Gasteiger partial charge in [-0.15, -0.1) is 0 Å². The predicted octanol–water partition coefficient (Wildman–Crippen LogP) is 4.72. The molecule has 28 heavy (non-hydrogen) atoms. The first-order valence-electron chi connectivity index (χ1n) is 11.5. The van der Waals surface area contributed by atoms with Crippen LogP contribution >= 0.6 is 0 Å². The highest BCUT2D eigenvalue weighted by molar-refractivity contribution is 5.76. The summed E-state index contributed by atoms with van der Waals surface area (Å²) in [5.74, 6) is 1.04. The van der Waals surface area contributed by atoms with Gasteiger partial charge in [0.25, 0.3) is 0 Å². The van der Waals surface area contributed by atoms with Gasteiger partial charge < -0.3 is 15.7 Å². The molecule has 0 amide bonds. The van der Waals surface area contributed by atoms with E-state index in [2.05, 4.69) is 28.8 Å². The number of hydrogen-bond acceptors (Lipinski definition) is 3. The van der Waals surface area contributed by atoms with Crippen LogP contribution in [0.15, 0.2) is 18.2 Å². The molecule has 154 valence electrons. The van der Waals surface area contributed by atoms with E-state index in [1.54, 1.807) is 0 Å². The third-order valence-electron chi connectivity index (χ3n) is 7.36. The minimum Gasteiger partial charge on any atom is -0.480 e. The molecule has 3 aliphatic rings. The molecule has 2 saturated carbocycles. The molecule has 0 bridgehead atoms. The molecule has 1 heterocycles. The van der Waals surface area contributed by atoms with Crippen LogP contribution in [0.2, 0.25) is 0 Å². The Morgan fingerprint density at radius 1 is 1.00 bits per heavy atom. The molecule has 3 N–H and O–H groups in total. The summed E-state index contributed by atoms with van der Waals surface area (Å²) in [6, 6.07) is 5.94. The van der Waals surface area contributed by atoms with E-state index in [-0.39, 0.29) is 0 Å². The summed E-state index contributed by atoms with van der Waals surface area (Å²) in [7, 11) is 0. The van der Waals surface area contributed by atoms with Crippen molar-refractivity contribution in [2.24, 2.45) is 5.92 Å². The van der Waals surface area contributed by atoms with Crippen LogP contribution in [0.5, 0.6) is 0 Å². The lowest BCUT2D eigenvalue weighted by Crippen LogP contribution is -2.37. The van der Waals surface area contributed by atoms with Gasteiger partial charge in [-0.25, -0.2) is 0 Å². The number of carboxylic acids is 1. The van der Waals surface area contributed by atoms with E-state index in [0.29, 0.717) is 17.8 Å². The molecule has 1 saturated heterocycles. The number of nitrogens with one attached hydrogen (secondary N) is 2. The maximum Gasteiger partial charge on any atom is 0.325 e. The number of rotatable bonds is 7. The summed E-state index contributed by atoms with van der Waals surface area (Å²) >= 11 is 0. The number of carbonyl (C=O) groups is 1. The van der Waals surface area contributed by atoms with Gasteiger partial charge in [0.15, 0.2) is 0 Å². The maximum atomic E-state index is 12.3. The highest BCUT2D eigenvalue weighted by Gasteiger charge is 2.32. The molecular weight excluding hydrogens is 348 g/mol. The second-order valence-corrected chi connectivity index (χ2v) is 9.19. The largest absolute Gasteiger partial charge is 0.480 e. The molecule has 4 rings (SSSR count). The zero-order valence-corrected chi connectivity index (χ0v) is 17.1. The van der Waals surface area contributed by atoms with Crippen LogP contribution in [0.1, 0.15) is 98.8 Å². The molecule has 0 radical (unpaired) electrons. The third kappa shape index (κ3) is 4.44. The van der Waals surface area contributed by atoms with E-state index in [1.165, 1.54) is 62.5 Å². The van der Waals surface area contributed by atoms with Gasteiger partial charge >= 0.3 is 5.97 Å². The molecule has 1 aliphatic heterocycles. The standard InChI is InChI=1S/C24H36N2O2/c27-24(28)23(26-16-17-12-14-25-15-13-17)21-11-5-10-20(18-6-1-2-7-18)22(21)19-8-3-4-9-19/h5,10-11,17-19,23,25-26H,1-4,6-9,12-16H2,(H,27,28)/t23-/m0/s1. The van der Waals surface area contributed by atoms with Crippen molar-refractivity contribution in [3.8, 4) is 0 Å². The lowest BCUT2D eigenvalue weighted by atomic mass is 9.81. The topological polar surface area (TPSA) is 61.4 Å². The fourth-order valence-electron chi connectivity index (χ4n) is 5.83. The van der Waals surface area contributed by atoms with Gasteiger partial charge in [-0.3, -0.25) is 4.79 Å². The smallest absolute Gasteiger partial charge is 0.325 e. The van der Waals surface area contributed by atoms with E-state index in [1.807, 2.05) is 0 Å². The van der Waals surface area contributed by atoms with Crippen molar-refractivity contribution in [2.75, 3.05) is 19.6 Å². The van der Waals surface area contributed by atoms with E-state index >= 15 is 0 Å². The van der Waals surface area contributed by atoms with Crippen LogP contribution in [0.4, 0.5) is 0 Å². The van der Waals surface area contributed by atoms with Crippen molar-refractivity contribution in [1.82, 2.24) is 10.6 Å². The van der Waals surface area contributed by atoms with Crippen LogP contribution in [0.3, 0.4) is 0 Å². The van der Waals surface area contributed by atoms with Crippen molar-refractivity contribution in [1.29, 1.82) is 0 Å². The monoisotopic (exact) mass is 384 g/mol. The summed E-state index contributed by atoms with van der Waals surface area (Å²) in [6.07, 6.45) is 12.4. The SMILES string of the molecule is O=C(O)[C@@H](NCC1CCNCC1)c1cccc(C2CCCC2)c1C1CCCC1. The second kappa shape index (κ2) is 9.41. The fraction of sp³-hybridized carbons (Fsp3) is 0.708. The van der Waals surface area contributed by atoms with E-state index in [0.717, 1.165) is 38.0 Å². The summed E-state index contributed by atoms with van der Waals surface area (Å²) in [5.41, 5.74) is 3.92. The first kappa shape index (κ1) is 19.9. The van der Waals surface area contributed by atoms with E-state index in [9.17, 15) is 9.90 Å². The Morgan fingerprint density at radius 3 is 2.29 bits per heavy atom. The minimum atomic E-state index is -0.725. The minimum absolute atomic E-state index is 0.550. The van der Waals surface area contributed by atoms with Gasteiger partial charge in [0.05, 0.1) is 0 Å². The molecule has 2 aliphatic carbocycles. The number of carboxylic acid groups (broad SMARTS) is 1. The lowest BCUT2D eigenvalue weighted by molar-refractivity contribution is -0.139. The number of benzene rings is 1. The van der Waals surface area contributed by atoms with Gasteiger partial charge in [-0.05, 0) is 92.6 Å². The highest BCUT2D eigenvalue weighted by Crippen LogP contribution is 2.45. The zero-order chi connectivity index (χ0) is 19.3. The van der Waals surface area contributed by atoms with Crippen LogP contribution in [-0.4, -0.2) is 30.7 Å². The molecule has 4 nitrogen and oxygen atoms in total. The normalized spacial score (nSPS) is 23.3. The van der Waals surface area contributed by atoms with Gasteiger partial charge in [0, 0.05) is 0 Å². The molecular formula is C24H36N2O2. The van der Waals surface area contributed by atoms with Crippen molar-refractivity contribution in [3.05, 3.63) is 34.9 Å². The average molecular weight is 385 g/mol. The summed E-state index contributed by atoms with van der Waals surface area (Å²) in [6.45, 7) is 2.90. The van der Waals surface area contributed by atoms with Crippen molar-refractivity contribution in [2.45, 2.75) is 82.1 Å². The summed E-state index contributed by atoms with van der Waals surface area (Å²) < 4.78 is 0. The summed E-state index contributed by atoms with van der Waals surface area (Å²) in [5, 5.41) is 17.0. The van der Waals surface area contributed by atoms with Crippen LogP contribution in [0, 0.1) is 5.92 Å². The van der Waals surface area contributed by atoms with Gasteiger partial charge in [0.1, 0.15) is 6.04 Å². The average Bonchev–Trinajstić information content (AvgIpc) is 3.43. The lowest BCUT2D eigenvalue weighted by Gasteiger charge is -2.29. The van der Waals surface area contributed by atoms with Crippen LogP contribution in [-0.2, 0) is 4.79 Å². The molecule has 3 fully saturated rings. The van der Waals surface area contributed by atoms with Crippen molar-refractivity contribution in [3.63, 3.8) is 0 Å². The first-order chi connectivity index (χ1) is 13.7. The first-order valence-corrected chi connectivity index (χ1v) is 11.5. The van der Waals surface area contributed by atoms with Gasteiger partial charge in [-0.1, -0.05) is 43.9 Å².